The fourth-order valence-electron chi connectivity index (χ4n) is 7.76. The molecule has 5 atom stereocenters. The predicted molar refractivity (Wildman–Crippen MR) is 99.6 cm³/mol. The summed E-state index contributed by atoms with van der Waals surface area (Å²) in [6, 6.07) is 0. The summed E-state index contributed by atoms with van der Waals surface area (Å²) < 4.78 is 18.5. The van der Waals surface area contributed by atoms with Gasteiger partial charge in [-0.3, -0.25) is 0 Å². The summed E-state index contributed by atoms with van der Waals surface area (Å²) in [7, 11) is 0. The van der Waals surface area contributed by atoms with Gasteiger partial charge in [0.15, 0.2) is 5.79 Å². The van der Waals surface area contributed by atoms with Gasteiger partial charge in [0.2, 0.25) is 0 Å². The van der Waals surface area contributed by atoms with Crippen molar-refractivity contribution >= 4 is 0 Å². The van der Waals surface area contributed by atoms with Crippen LogP contribution in [0.4, 0.5) is 0 Å². The highest BCUT2D eigenvalue weighted by Gasteiger charge is 2.74. The van der Waals surface area contributed by atoms with Gasteiger partial charge in [0.1, 0.15) is 0 Å². The van der Waals surface area contributed by atoms with E-state index in [2.05, 4.69) is 19.9 Å². The molecule has 3 fully saturated rings. The Balaban J connectivity index is 1.33. The molecule has 0 radical (unpaired) electrons. The lowest BCUT2D eigenvalue weighted by atomic mass is 9.56. The third-order valence-electron chi connectivity index (χ3n) is 8.99. The highest BCUT2D eigenvalue weighted by molar-refractivity contribution is 5.46. The van der Waals surface area contributed by atoms with Crippen LogP contribution in [0.15, 0.2) is 22.8 Å². The van der Waals surface area contributed by atoms with Crippen LogP contribution in [0.3, 0.4) is 0 Å². The van der Waals surface area contributed by atoms with E-state index in [0.717, 1.165) is 56.8 Å². The summed E-state index contributed by atoms with van der Waals surface area (Å²) in [6.07, 6.45) is 12.4. The quantitative estimate of drug-likeness (QED) is 0.713. The molecule has 1 spiro atoms. The van der Waals surface area contributed by atoms with Crippen molar-refractivity contribution in [3.8, 4) is 0 Å². The van der Waals surface area contributed by atoms with Gasteiger partial charge in [-0.1, -0.05) is 18.6 Å². The first-order chi connectivity index (χ1) is 12.6. The summed E-state index contributed by atoms with van der Waals surface area (Å²) in [4.78, 5) is 0. The first-order valence-corrected chi connectivity index (χ1v) is 10.9. The molecule has 6 rings (SSSR count). The van der Waals surface area contributed by atoms with Gasteiger partial charge in [-0.2, -0.15) is 0 Å². The minimum atomic E-state index is -0.274. The third kappa shape index (κ3) is 1.90. The molecule has 6 aliphatic rings. The number of allylic oxidation sites excluding steroid dienone is 3. The molecular formula is C23H32O3. The maximum absolute atomic E-state index is 6.41. The number of hydrogen-bond acceptors (Lipinski definition) is 3. The van der Waals surface area contributed by atoms with E-state index in [1.807, 2.05) is 0 Å². The Labute approximate surface area is 157 Å². The number of rotatable bonds is 2. The Morgan fingerprint density at radius 2 is 2.08 bits per heavy atom. The third-order valence-corrected chi connectivity index (χ3v) is 8.99. The van der Waals surface area contributed by atoms with Gasteiger partial charge in [0, 0.05) is 24.9 Å². The van der Waals surface area contributed by atoms with Crippen molar-refractivity contribution in [3.05, 3.63) is 22.8 Å². The van der Waals surface area contributed by atoms with Gasteiger partial charge >= 0.3 is 0 Å². The molecule has 0 aromatic carbocycles. The summed E-state index contributed by atoms with van der Waals surface area (Å²) >= 11 is 0. The second-order valence-electron chi connectivity index (χ2n) is 9.86. The van der Waals surface area contributed by atoms with E-state index in [-0.39, 0.29) is 11.4 Å². The topological polar surface area (TPSA) is 27.7 Å². The van der Waals surface area contributed by atoms with Gasteiger partial charge in [0.25, 0.3) is 0 Å². The van der Waals surface area contributed by atoms with Crippen LogP contribution in [0.1, 0.15) is 65.2 Å². The van der Waals surface area contributed by atoms with Crippen LogP contribution >= 0.6 is 0 Å². The highest BCUT2D eigenvalue weighted by atomic mass is 16.7. The molecule has 0 aromatic rings. The van der Waals surface area contributed by atoms with Crippen molar-refractivity contribution < 1.29 is 14.2 Å². The van der Waals surface area contributed by atoms with E-state index < -0.39 is 0 Å². The lowest BCUT2D eigenvalue weighted by Gasteiger charge is -2.50. The van der Waals surface area contributed by atoms with E-state index >= 15 is 0 Å². The predicted octanol–water partition coefficient (Wildman–Crippen LogP) is 4.77. The Hall–Kier alpha value is -0.640. The van der Waals surface area contributed by atoms with Gasteiger partial charge in [-0.25, -0.2) is 0 Å². The van der Waals surface area contributed by atoms with Crippen molar-refractivity contribution in [3.63, 3.8) is 0 Å². The van der Waals surface area contributed by atoms with E-state index in [1.54, 1.807) is 16.7 Å². The zero-order valence-corrected chi connectivity index (χ0v) is 16.3. The van der Waals surface area contributed by atoms with Crippen molar-refractivity contribution in [2.45, 2.75) is 76.6 Å². The molecule has 5 aliphatic carbocycles. The molecule has 0 N–H and O–H groups in total. The molecule has 3 heteroatoms. The minimum absolute atomic E-state index is 0.214. The van der Waals surface area contributed by atoms with E-state index in [1.165, 1.54) is 32.1 Å². The van der Waals surface area contributed by atoms with Crippen LogP contribution in [0.2, 0.25) is 0 Å². The van der Waals surface area contributed by atoms with E-state index in [0.29, 0.717) is 5.41 Å². The van der Waals surface area contributed by atoms with Crippen LogP contribution in [-0.4, -0.2) is 31.2 Å². The Morgan fingerprint density at radius 1 is 1.23 bits per heavy atom. The average molecular weight is 357 g/mol. The number of ether oxygens (including phenoxy) is 3. The Kier molecular flexibility index (Phi) is 3.29. The normalized spacial score (nSPS) is 47.9. The van der Waals surface area contributed by atoms with Gasteiger partial charge in [-0.05, 0) is 74.3 Å². The lowest BCUT2D eigenvalue weighted by Crippen LogP contribution is -2.46. The Bertz CT molecular complexity index is 700. The smallest absolute Gasteiger partial charge is 0.172 e. The molecule has 142 valence electrons. The second kappa shape index (κ2) is 5.24. The molecule has 26 heavy (non-hydrogen) atoms. The van der Waals surface area contributed by atoms with E-state index in [9.17, 15) is 0 Å². The summed E-state index contributed by atoms with van der Waals surface area (Å²) in [5.74, 6) is 2.16. The molecular weight excluding hydrogens is 324 g/mol. The molecule has 1 aliphatic heterocycles. The summed E-state index contributed by atoms with van der Waals surface area (Å²) in [5, 5.41) is 0. The van der Waals surface area contributed by atoms with Crippen molar-refractivity contribution in [1.29, 1.82) is 0 Å². The monoisotopic (exact) mass is 356 g/mol. The van der Waals surface area contributed by atoms with Crippen LogP contribution in [0, 0.1) is 23.2 Å². The first kappa shape index (κ1) is 16.3. The van der Waals surface area contributed by atoms with Crippen molar-refractivity contribution in [2.24, 2.45) is 23.2 Å². The number of fused-ring (bicyclic) bond motifs is 6. The zero-order chi connectivity index (χ0) is 17.6. The Morgan fingerprint density at radius 3 is 2.88 bits per heavy atom. The molecule has 0 aromatic heterocycles. The minimum Gasteiger partial charge on any atom is -0.374 e. The first-order valence-electron chi connectivity index (χ1n) is 10.9. The highest BCUT2D eigenvalue weighted by Crippen LogP contribution is 2.75. The molecule has 3 nitrogen and oxygen atoms in total. The standard InChI is InChI=1S/C23H32O3/c1-3-24-23-14-16(23)12-20-19-5-4-15-13-22(25-10-11-26-22)9-7-17(15)18(19)6-8-21(20,23)2/h6,16,19-20H,3-5,7-14H2,1-2H3/t16-,19+,20-,21-,23-/m0/s1. The number of hydrogen-bond donors (Lipinski definition) is 0. The molecule has 0 amide bonds. The van der Waals surface area contributed by atoms with Crippen molar-refractivity contribution in [2.75, 3.05) is 19.8 Å². The van der Waals surface area contributed by atoms with Gasteiger partial charge < -0.3 is 14.2 Å². The van der Waals surface area contributed by atoms with E-state index in [4.69, 9.17) is 14.2 Å². The largest absolute Gasteiger partial charge is 0.374 e. The zero-order valence-electron chi connectivity index (χ0n) is 16.3. The van der Waals surface area contributed by atoms with Crippen LogP contribution < -0.4 is 0 Å². The molecule has 1 saturated heterocycles. The fraction of sp³-hybridized carbons (Fsp3) is 0.826. The average Bonchev–Trinajstić information content (AvgIpc) is 3.06. The van der Waals surface area contributed by atoms with Crippen LogP contribution in [-0.2, 0) is 14.2 Å². The lowest BCUT2D eigenvalue weighted by molar-refractivity contribution is -0.164. The van der Waals surface area contributed by atoms with Crippen molar-refractivity contribution in [1.82, 2.24) is 0 Å². The fourth-order valence-corrected chi connectivity index (χ4v) is 7.76. The van der Waals surface area contributed by atoms with Gasteiger partial charge in [0.05, 0.1) is 18.8 Å². The second-order valence-corrected chi connectivity index (χ2v) is 9.86. The van der Waals surface area contributed by atoms with Gasteiger partial charge in [-0.15, -0.1) is 0 Å². The summed E-state index contributed by atoms with van der Waals surface area (Å²) in [5.41, 5.74) is 5.64. The molecule has 1 heterocycles. The molecule has 0 bridgehead atoms. The maximum atomic E-state index is 6.41. The molecule has 0 unspecified atom stereocenters. The molecule has 2 saturated carbocycles. The summed E-state index contributed by atoms with van der Waals surface area (Å²) in [6.45, 7) is 7.14. The SMILES string of the molecule is CCO[C@@]12C[C@@H]1C[C@H]1[C@@H]3CCC4=C(CCC5(C4)OCCO5)C3=CC[C@@]12C. The van der Waals surface area contributed by atoms with Crippen LogP contribution in [0.5, 0.6) is 0 Å². The van der Waals surface area contributed by atoms with Crippen LogP contribution in [0.25, 0.3) is 0 Å². The maximum Gasteiger partial charge on any atom is 0.172 e.